The van der Waals surface area contributed by atoms with Gasteiger partial charge in [-0.3, -0.25) is 0 Å². The van der Waals surface area contributed by atoms with Crippen LogP contribution >= 0.6 is 0 Å². The molecule has 1 aliphatic carbocycles. The monoisotopic (exact) mass is 717 g/mol. The Morgan fingerprint density at radius 3 is 1.68 bits per heavy atom. The van der Waals surface area contributed by atoms with Gasteiger partial charge in [0.2, 0.25) is 0 Å². The summed E-state index contributed by atoms with van der Waals surface area (Å²) in [6.45, 7) is 0. The van der Waals surface area contributed by atoms with Crippen LogP contribution in [0.15, 0.2) is 200 Å². The van der Waals surface area contributed by atoms with E-state index in [0.717, 1.165) is 27.9 Å². The van der Waals surface area contributed by atoms with Crippen LogP contribution in [0.25, 0.3) is 67.2 Å². The van der Waals surface area contributed by atoms with Crippen LogP contribution < -0.4 is 4.90 Å². The quantitative estimate of drug-likeness (QED) is 0.172. The highest BCUT2D eigenvalue weighted by atomic mass is 15.2. The summed E-state index contributed by atoms with van der Waals surface area (Å²) in [6, 6.07) is 64.2. The lowest BCUT2D eigenvalue weighted by Gasteiger charge is -2.30. The van der Waals surface area contributed by atoms with Crippen LogP contribution in [0.4, 0.5) is 11.4 Å². The summed E-state index contributed by atoms with van der Waals surface area (Å²) in [5.41, 5.74) is 12.6. The summed E-state index contributed by atoms with van der Waals surface area (Å²) in [7, 11) is 0. The van der Waals surface area contributed by atoms with Crippen molar-refractivity contribution in [1.29, 1.82) is 0 Å². The average molecular weight is 718 g/mol. The van der Waals surface area contributed by atoms with Gasteiger partial charge in [-0.2, -0.15) is 0 Å². The largest absolute Gasteiger partial charge is 0.333 e. The Kier molecular flexibility index (Phi) is 7.56. The van der Waals surface area contributed by atoms with Gasteiger partial charge in [0.25, 0.3) is 0 Å². The fraction of sp³-hybridized carbons (Fsp3) is 0.0392. The van der Waals surface area contributed by atoms with E-state index in [4.69, 9.17) is 15.0 Å². The lowest BCUT2D eigenvalue weighted by Crippen LogP contribution is -2.29. The molecule has 56 heavy (non-hydrogen) atoms. The maximum Gasteiger partial charge on any atom is 0.164 e. The van der Waals surface area contributed by atoms with Crippen LogP contribution in [0.3, 0.4) is 0 Å². The predicted molar refractivity (Wildman–Crippen MR) is 229 cm³/mol. The Labute approximate surface area is 325 Å². The number of fused-ring (bicyclic) bond motifs is 6. The van der Waals surface area contributed by atoms with Crippen LogP contribution in [-0.4, -0.2) is 25.6 Å². The fourth-order valence-electron chi connectivity index (χ4n) is 8.56. The van der Waals surface area contributed by atoms with E-state index in [-0.39, 0.29) is 6.04 Å². The molecule has 3 heterocycles. The van der Waals surface area contributed by atoms with E-state index in [9.17, 15) is 0 Å². The van der Waals surface area contributed by atoms with Gasteiger partial charge in [-0.05, 0) is 77.4 Å². The van der Waals surface area contributed by atoms with E-state index < -0.39 is 0 Å². The summed E-state index contributed by atoms with van der Waals surface area (Å²) in [4.78, 5) is 17.3. The van der Waals surface area contributed by atoms with Gasteiger partial charge in [0, 0.05) is 50.4 Å². The number of hydrogen-bond acceptors (Lipinski definition) is 4. The third-order valence-electron chi connectivity index (χ3n) is 11.2. The van der Waals surface area contributed by atoms with E-state index >= 15 is 0 Å². The third kappa shape index (κ3) is 5.36. The zero-order valence-corrected chi connectivity index (χ0v) is 30.4. The minimum absolute atomic E-state index is 0.197. The number of anilines is 2. The molecule has 0 fully saturated rings. The summed E-state index contributed by atoms with van der Waals surface area (Å²) in [5.74, 6) is 2.25. The van der Waals surface area contributed by atoms with E-state index in [1.807, 2.05) is 60.7 Å². The van der Waals surface area contributed by atoms with Crippen molar-refractivity contribution in [3.05, 3.63) is 211 Å². The second-order valence-electron chi connectivity index (χ2n) is 14.4. The lowest BCUT2D eigenvalue weighted by molar-refractivity contribution is 0.747. The minimum atomic E-state index is 0.197. The molecular weight excluding hydrogens is 683 g/mol. The van der Waals surface area contributed by atoms with Crippen LogP contribution in [0.2, 0.25) is 0 Å². The van der Waals surface area contributed by atoms with Gasteiger partial charge in [0.15, 0.2) is 17.5 Å². The number of nitrogens with zero attached hydrogens (tertiary/aromatic N) is 5. The highest BCUT2D eigenvalue weighted by Gasteiger charge is 2.38. The molecule has 5 nitrogen and oxygen atoms in total. The minimum Gasteiger partial charge on any atom is -0.333 e. The maximum absolute atomic E-state index is 4.96. The summed E-state index contributed by atoms with van der Waals surface area (Å²) < 4.78 is 2.36. The number of para-hydroxylation sites is 3. The zero-order chi connectivity index (χ0) is 37.0. The Bertz CT molecular complexity index is 2910. The first-order valence-electron chi connectivity index (χ1n) is 19.1. The molecule has 0 radical (unpaired) electrons. The van der Waals surface area contributed by atoms with Gasteiger partial charge in [0.1, 0.15) is 0 Å². The molecule has 1 aliphatic heterocycles. The van der Waals surface area contributed by atoms with Crippen molar-refractivity contribution in [3.63, 3.8) is 0 Å². The van der Waals surface area contributed by atoms with Crippen molar-refractivity contribution >= 4 is 38.8 Å². The van der Waals surface area contributed by atoms with Crippen molar-refractivity contribution in [2.45, 2.75) is 12.0 Å². The van der Waals surface area contributed by atoms with Crippen LogP contribution in [0.1, 0.15) is 17.0 Å². The van der Waals surface area contributed by atoms with Gasteiger partial charge < -0.3 is 9.47 Å². The second-order valence-corrected chi connectivity index (χ2v) is 14.4. The summed E-state index contributed by atoms with van der Waals surface area (Å²) in [5, 5.41) is 2.45. The van der Waals surface area contributed by atoms with Crippen molar-refractivity contribution in [2.75, 3.05) is 4.90 Å². The Morgan fingerprint density at radius 1 is 0.429 bits per heavy atom. The van der Waals surface area contributed by atoms with E-state index in [0.29, 0.717) is 23.4 Å². The molecule has 2 atom stereocenters. The molecule has 0 N–H and O–H groups in total. The van der Waals surface area contributed by atoms with Crippen molar-refractivity contribution in [1.82, 2.24) is 19.5 Å². The molecule has 0 saturated heterocycles. The van der Waals surface area contributed by atoms with E-state index in [1.54, 1.807) is 0 Å². The fourth-order valence-corrected chi connectivity index (χ4v) is 8.56. The van der Waals surface area contributed by atoms with Gasteiger partial charge >= 0.3 is 0 Å². The predicted octanol–water partition coefficient (Wildman–Crippen LogP) is 12.2. The first-order valence-corrected chi connectivity index (χ1v) is 19.1. The number of aromatic nitrogens is 4. The lowest BCUT2D eigenvalue weighted by atomic mass is 9.86. The number of allylic oxidation sites excluding steroid dienone is 2. The molecule has 0 bridgehead atoms. The van der Waals surface area contributed by atoms with Crippen LogP contribution in [-0.2, 0) is 0 Å². The normalized spacial score (nSPS) is 15.9. The van der Waals surface area contributed by atoms with Gasteiger partial charge in [-0.15, -0.1) is 0 Å². The maximum atomic E-state index is 4.96. The van der Waals surface area contributed by atoms with Crippen molar-refractivity contribution < 1.29 is 0 Å². The van der Waals surface area contributed by atoms with E-state index in [2.05, 4.69) is 149 Å². The number of benzene rings is 7. The molecule has 0 amide bonds. The van der Waals surface area contributed by atoms with Gasteiger partial charge in [0.05, 0.1) is 17.1 Å². The molecule has 2 aliphatic rings. The number of rotatable bonds is 6. The van der Waals surface area contributed by atoms with E-state index in [1.165, 1.54) is 44.4 Å². The summed E-state index contributed by atoms with van der Waals surface area (Å²) >= 11 is 0. The van der Waals surface area contributed by atoms with Gasteiger partial charge in [-0.25, -0.2) is 15.0 Å². The standard InChI is InChI=1S/C51H35N5/c1-4-14-34(15-5-1)49-52-50(35-16-6-2-7-17-35)54-51(53-49)36-24-28-40(29-25-36)55-46-23-13-11-21-42(46)44-32-37(27-31-47(44)55)38-26-30-43-41-20-10-12-22-45(41)56(48(43)33-38)39-18-8-3-9-19-39/h1-33,43,48H. The Hall–Kier alpha value is -7.37. The average Bonchev–Trinajstić information content (AvgIpc) is 3.79. The molecule has 0 saturated carbocycles. The second kappa shape index (κ2) is 13.2. The Balaban J connectivity index is 0.979. The third-order valence-corrected chi connectivity index (χ3v) is 11.2. The number of hydrogen-bond donors (Lipinski definition) is 0. The van der Waals surface area contributed by atoms with Crippen molar-refractivity contribution in [3.8, 4) is 39.9 Å². The molecule has 2 unspecified atom stereocenters. The molecule has 9 aromatic rings. The SMILES string of the molecule is C1=CC2c3ccccc3N(c3ccccc3)C2C=C1c1ccc2c(c1)c1ccccc1n2-c1ccc(-c2nc(-c3ccccc3)nc(-c3ccccc3)n2)cc1. The Morgan fingerprint density at radius 2 is 0.982 bits per heavy atom. The van der Waals surface area contributed by atoms with Crippen molar-refractivity contribution in [2.24, 2.45) is 0 Å². The van der Waals surface area contributed by atoms with Gasteiger partial charge in [-0.1, -0.05) is 140 Å². The smallest absolute Gasteiger partial charge is 0.164 e. The topological polar surface area (TPSA) is 46.8 Å². The molecule has 0 spiro atoms. The highest BCUT2D eigenvalue weighted by Crippen LogP contribution is 2.49. The zero-order valence-electron chi connectivity index (χ0n) is 30.4. The molecular formula is C51H35N5. The molecule has 11 rings (SSSR count). The molecule has 7 aromatic carbocycles. The highest BCUT2D eigenvalue weighted by molar-refractivity contribution is 6.10. The van der Waals surface area contributed by atoms with Crippen LogP contribution in [0.5, 0.6) is 0 Å². The first-order chi connectivity index (χ1) is 27.8. The molecule has 2 aromatic heterocycles. The van der Waals surface area contributed by atoms with Crippen LogP contribution in [0, 0.1) is 0 Å². The first kappa shape index (κ1) is 32.1. The molecule has 264 valence electrons. The molecule has 5 heteroatoms. The summed E-state index contributed by atoms with van der Waals surface area (Å²) in [6.07, 6.45) is 7.18.